The van der Waals surface area contributed by atoms with E-state index in [1.165, 1.54) is 44.6 Å². The smallest absolute Gasteiger partial charge is 0.0547 e. The first kappa shape index (κ1) is 14.9. The molecule has 4 heteroatoms. The summed E-state index contributed by atoms with van der Waals surface area (Å²) in [5, 5.41) is 3.18. The third-order valence-electron chi connectivity index (χ3n) is 5.04. The van der Waals surface area contributed by atoms with Crippen molar-refractivity contribution in [2.75, 3.05) is 33.7 Å². The number of rotatable bonds is 4. The van der Waals surface area contributed by atoms with Gasteiger partial charge in [0.15, 0.2) is 0 Å². The second kappa shape index (κ2) is 6.86. The molecule has 3 rings (SSSR count). The number of nitrogens with one attached hydrogen (secondary N) is 1. The average Bonchev–Trinajstić information content (AvgIpc) is 2.48. The van der Waals surface area contributed by atoms with Gasteiger partial charge in [-0.2, -0.15) is 0 Å². The Balaban J connectivity index is 1.60. The van der Waals surface area contributed by atoms with Gasteiger partial charge < -0.3 is 10.2 Å². The Morgan fingerprint density at radius 1 is 1.24 bits per heavy atom. The Morgan fingerprint density at radius 2 is 2.10 bits per heavy atom. The van der Waals surface area contributed by atoms with Gasteiger partial charge in [0.05, 0.1) is 11.4 Å². The highest BCUT2D eigenvalue weighted by Gasteiger charge is 2.34. The second-order valence-corrected chi connectivity index (χ2v) is 6.62. The molecule has 0 radical (unpaired) electrons. The molecule has 1 aromatic heterocycles. The lowest BCUT2D eigenvalue weighted by Gasteiger charge is -2.46. The number of hydrogen-bond donors (Lipinski definition) is 1. The van der Waals surface area contributed by atoms with Gasteiger partial charge in [-0.05, 0) is 58.0 Å². The molecule has 3 heterocycles. The maximum atomic E-state index is 4.76. The molecule has 2 saturated heterocycles. The van der Waals surface area contributed by atoms with Gasteiger partial charge in [-0.3, -0.25) is 9.88 Å². The topological polar surface area (TPSA) is 31.4 Å². The van der Waals surface area contributed by atoms with E-state index in [0.717, 1.165) is 30.7 Å². The fraction of sp³-hybridized carbons (Fsp3) is 0.706. The van der Waals surface area contributed by atoms with Crippen LogP contribution in [0.5, 0.6) is 0 Å². The zero-order chi connectivity index (χ0) is 14.7. The minimum Gasteiger partial charge on any atom is -0.314 e. The van der Waals surface area contributed by atoms with Crippen molar-refractivity contribution < 1.29 is 0 Å². The fourth-order valence-corrected chi connectivity index (χ4v) is 4.00. The van der Waals surface area contributed by atoms with Crippen LogP contribution in [0.3, 0.4) is 0 Å². The molecule has 0 saturated carbocycles. The molecule has 4 nitrogen and oxygen atoms in total. The quantitative estimate of drug-likeness (QED) is 0.914. The summed E-state index contributed by atoms with van der Waals surface area (Å²) in [5.41, 5.74) is 2.35. The van der Waals surface area contributed by atoms with Gasteiger partial charge in [-0.15, -0.1) is 0 Å². The lowest BCUT2D eigenvalue weighted by molar-refractivity contribution is 0.0350. The molecule has 0 bridgehead atoms. The standard InChI is InChI=1S/C17H28N4/c1-18-11-15-6-3-7-16(19-15)13-21-10-8-17-14(12-21)5-4-9-20(17)2/h3,6-7,14,17-18H,4-5,8-13H2,1-2H3. The van der Waals surface area contributed by atoms with Gasteiger partial charge >= 0.3 is 0 Å². The normalized spacial score (nSPS) is 27.5. The van der Waals surface area contributed by atoms with Crippen molar-refractivity contribution in [3.05, 3.63) is 29.6 Å². The van der Waals surface area contributed by atoms with E-state index in [1.54, 1.807) is 0 Å². The van der Waals surface area contributed by atoms with Crippen molar-refractivity contribution in [1.29, 1.82) is 0 Å². The minimum absolute atomic E-state index is 0.818. The predicted molar refractivity (Wildman–Crippen MR) is 86.0 cm³/mol. The third-order valence-corrected chi connectivity index (χ3v) is 5.04. The molecule has 2 aliphatic heterocycles. The summed E-state index contributed by atoms with van der Waals surface area (Å²) in [5.74, 6) is 0.859. The highest BCUT2D eigenvalue weighted by molar-refractivity contribution is 5.11. The fourth-order valence-electron chi connectivity index (χ4n) is 4.00. The molecular weight excluding hydrogens is 260 g/mol. The first-order valence-electron chi connectivity index (χ1n) is 8.28. The van der Waals surface area contributed by atoms with Crippen LogP contribution in [-0.2, 0) is 13.1 Å². The van der Waals surface area contributed by atoms with Gasteiger partial charge in [0, 0.05) is 32.2 Å². The third kappa shape index (κ3) is 3.62. The van der Waals surface area contributed by atoms with Gasteiger partial charge in [-0.1, -0.05) is 6.07 Å². The van der Waals surface area contributed by atoms with Crippen LogP contribution in [0.2, 0.25) is 0 Å². The maximum absolute atomic E-state index is 4.76. The number of piperidine rings is 2. The summed E-state index contributed by atoms with van der Waals surface area (Å²) in [7, 11) is 4.27. The zero-order valence-corrected chi connectivity index (χ0v) is 13.4. The monoisotopic (exact) mass is 288 g/mol. The molecule has 2 atom stereocenters. The lowest BCUT2D eigenvalue weighted by atomic mass is 9.84. The van der Waals surface area contributed by atoms with E-state index in [1.807, 2.05) is 7.05 Å². The van der Waals surface area contributed by atoms with Crippen molar-refractivity contribution in [3.63, 3.8) is 0 Å². The number of likely N-dealkylation sites (tertiary alicyclic amines) is 2. The van der Waals surface area contributed by atoms with E-state index in [4.69, 9.17) is 4.98 Å². The van der Waals surface area contributed by atoms with Gasteiger partial charge in [0.1, 0.15) is 0 Å². The number of fused-ring (bicyclic) bond motifs is 1. The van der Waals surface area contributed by atoms with E-state index < -0.39 is 0 Å². The Labute approximate surface area is 128 Å². The van der Waals surface area contributed by atoms with E-state index in [2.05, 4.69) is 40.4 Å². The first-order valence-corrected chi connectivity index (χ1v) is 8.28. The molecule has 2 aliphatic rings. The van der Waals surface area contributed by atoms with Crippen LogP contribution in [0.15, 0.2) is 18.2 Å². The lowest BCUT2D eigenvalue weighted by Crippen LogP contribution is -2.52. The van der Waals surface area contributed by atoms with Gasteiger partial charge in [0.25, 0.3) is 0 Å². The molecular formula is C17H28N4. The number of aromatic nitrogens is 1. The van der Waals surface area contributed by atoms with Gasteiger partial charge in [-0.25, -0.2) is 0 Å². The average molecular weight is 288 g/mol. The van der Waals surface area contributed by atoms with Crippen LogP contribution in [0.4, 0.5) is 0 Å². The Morgan fingerprint density at radius 3 is 2.95 bits per heavy atom. The largest absolute Gasteiger partial charge is 0.314 e. The molecule has 2 fully saturated rings. The van der Waals surface area contributed by atoms with Crippen molar-refractivity contribution >= 4 is 0 Å². The molecule has 116 valence electrons. The van der Waals surface area contributed by atoms with Crippen molar-refractivity contribution in [2.24, 2.45) is 5.92 Å². The summed E-state index contributed by atoms with van der Waals surface area (Å²) >= 11 is 0. The van der Waals surface area contributed by atoms with Crippen LogP contribution >= 0.6 is 0 Å². The Kier molecular flexibility index (Phi) is 4.88. The van der Waals surface area contributed by atoms with Crippen LogP contribution in [0.25, 0.3) is 0 Å². The zero-order valence-electron chi connectivity index (χ0n) is 13.4. The summed E-state index contributed by atoms with van der Waals surface area (Å²) < 4.78 is 0. The van der Waals surface area contributed by atoms with E-state index in [9.17, 15) is 0 Å². The second-order valence-electron chi connectivity index (χ2n) is 6.62. The number of pyridine rings is 1. The summed E-state index contributed by atoms with van der Waals surface area (Å²) in [6.45, 7) is 5.60. The molecule has 1 aromatic rings. The minimum atomic E-state index is 0.818. The van der Waals surface area contributed by atoms with Crippen LogP contribution in [0.1, 0.15) is 30.7 Å². The molecule has 0 amide bonds. The van der Waals surface area contributed by atoms with E-state index in [-0.39, 0.29) is 0 Å². The first-order chi connectivity index (χ1) is 10.3. The molecule has 2 unspecified atom stereocenters. The Bertz CT molecular complexity index is 462. The summed E-state index contributed by atoms with van der Waals surface area (Å²) in [4.78, 5) is 9.94. The highest BCUT2D eigenvalue weighted by Crippen LogP contribution is 2.29. The number of hydrogen-bond acceptors (Lipinski definition) is 4. The van der Waals surface area contributed by atoms with Crippen LogP contribution < -0.4 is 5.32 Å². The van der Waals surface area contributed by atoms with E-state index in [0.29, 0.717) is 0 Å². The van der Waals surface area contributed by atoms with Crippen molar-refractivity contribution in [2.45, 2.75) is 38.4 Å². The molecule has 0 spiro atoms. The summed E-state index contributed by atoms with van der Waals surface area (Å²) in [6.07, 6.45) is 4.08. The molecule has 0 aliphatic carbocycles. The predicted octanol–water partition coefficient (Wildman–Crippen LogP) is 1.72. The Hall–Kier alpha value is -0.970. The number of nitrogens with zero attached hydrogens (tertiary/aromatic N) is 3. The van der Waals surface area contributed by atoms with Crippen LogP contribution in [0, 0.1) is 5.92 Å². The summed E-state index contributed by atoms with van der Waals surface area (Å²) in [6, 6.07) is 7.22. The SMILES string of the molecule is CNCc1cccc(CN2CCC3C(CCCN3C)C2)n1. The molecule has 21 heavy (non-hydrogen) atoms. The van der Waals surface area contributed by atoms with Crippen molar-refractivity contribution in [1.82, 2.24) is 20.1 Å². The van der Waals surface area contributed by atoms with Gasteiger partial charge in [0.2, 0.25) is 0 Å². The van der Waals surface area contributed by atoms with Crippen molar-refractivity contribution in [3.8, 4) is 0 Å². The highest BCUT2D eigenvalue weighted by atomic mass is 15.2. The molecule has 0 aromatic carbocycles. The maximum Gasteiger partial charge on any atom is 0.0547 e. The molecule has 1 N–H and O–H groups in total. The van der Waals surface area contributed by atoms with Crippen LogP contribution in [-0.4, -0.2) is 54.6 Å². The van der Waals surface area contributed by atoms with E-state index >= 15 is 0 Å².